The Kier molecular flexibility index (Phi) is 5.62. The molecule has 1 fully saturated rings. The van der Waals surface area contributed by atoms with Crippen LogP contribution < -0.4 is 14.8 Å². The van der Waals surface area contributed by atoms with E-state index in [9.17, 15) is 14.4 Å². The van der Waals surface area contributed by atoms with Crippen molar-refractivity contribution in [3.8, 4) is 11.5 Å². The maximum absolute atomic E-state index is 11.6. The molecule has 0 bridgehead atoms. The maximum Gasteiger partial charge on any atom is 0.323 e. The number of carbonyl (C=O) groups excluding carboxylic acids is 3. The third kappa shape index (κ3) is 4.46. The van der Waals surface area contributed by atoms with Crippen molar-refractivity contribution in [1.82, 2.24) is 5.32 Å². The highest BCUT2D eigenvalue weighted by atomic mass is 32.2. The van der Waals surface area contributed by atoms with Gasteiger partial charge >= 0.3 is 17.9 Å². The van der Waals surface area contributed by atoms with Gasteiger partial charge in [0.05, 0.1) is 12.5 Å². The summed E-state index contributed by atoms with van der Waals surface area (Å²) in [6.07, 6.45) is 0. The molecule has 8 heteroatoms. The molecule has 1 saturated heterocycles. The van der Waals surface area contributed by atoms with Crippen LogP contribution in [0.5, 0.6) is 11.5 Å². The zero-order chi connectivity index (χ0) is 17.0. The average Bonchev–Trinajstić information content (AvgIpc) is 2.97. The second-order valence-electron chi connectivity index (χ2n) is 4.85. The van der Waals surface area contributed by atoms with Crippen molar-refractivity contribution in [2.24, 2.45) is 0 Å². The Hall–Kier alpha value is -2.06. The van der Waals surface area contributed by atoms with Gasteiger partial charge in [-0.2, -0.15) is 0 Å². The number of benzene rings is 1. The van der Waals surface area contributed by atoms with Crippen molar-refractivity contribution < 1.29 is 28.6 Å². The van der Waals surface area contributed by atoms with Crippen LogP contribution in [0.4, 0.5) is 0 Å². The van der Waals surface area contributed by atoms with Gasteiger partial charge in [-0.15, -0.1) is 11.8 Å². The molecular formula is C15H17NO6S. The second kappa shape index (κ2) is 7.47. The van der Waals surface area contributed by atoms with Gasteiger partial charge in [-0.05, 0) is 17.7 Å². The fraction of sp³-hybridized carbons (Fsp3) is 0.400. The standard InChI is InChI=1S/C15H17NO6S/c1-8(17)21-12-5-4-10(6-13(12)22-9(2)18)14-16-11(7-23-14)15(19)20-3/h4-6,11,14,16H,7H2,1-3H3/t11-,14?/m0/s1. The first-order valence-electron chi connectivity index (χ1n) is 6.87. The molecule has 1 N–H and O–H groups in total. The number of nitrogens with one attached hydrogen (secondary N) is 1. The molecule has 0 aliphatic carbocycles. The zero-order valence-corrected chi connectivity index (χ0v) is 13.8. The van der Waals surface area contributed by atoms with Crippen molar-refractivity contribution in [1.29, 1.82) is 0 Å². The summed E-state index contributed by atoms with van der Waals surface area (Å²) in [6.45, 7) is 2.53. The minimum atomic E-state index is -0.518. The Morgan fingerprint density at radius 1 is 1.13 bits per heavy atom. The zero-order valence-electron chi connectivity index (χ0n) is 13.0. The van der Waals surface area contributed by atoms with Crippen LogP contribution in [0, 0.1) is 0 Å². The molecule has 0 amide bonds. The Bertz CT molecular complexity index is 632. The summed E-state index contributed by atoms with van der Waals surface area (Å²) in [5.41, 5.74) is 0.800. The maximum atomic E-state index is 11.6. The fourth-order valence-electron chi connectivity index (χ4n) is 2.10. The molecule has 0 radical (unpaired) electrons. The first kappa shape index (κ1) is 17.3. The monoisotopic (exact) mass is 339 g/mol. The molecule has 0 spiro atoms. The van der Waals surface area contributed by atoms with Crippen LogP contribution in [0.25, 0.3) is 0 Å². The van der Waals surface area contributed by atoms with E-state index in [-0.39, 0.29) is 28.9 Å². The topological polar surface area (TPSA) is 90.9 Å². The second-order valence-corrected chi connectivity index (χ2v) is 5.99. The molecule has 2 atom stereocenters. The summed E-state index contributed by atoms with van der Waals surface area (Å²) in [6, 6.07) is 4.53. The lowest BCUT2D eigenvalue weighted by Crippen LogP contribution is -2.34. The summed E-state index contributed by atoms with van der Waals surface area (Å²) >= 11 is 1.53. The highest BCUT2D eigenvalue weighted by molar-refractivity contribution is 7.99. The third-order valence-corrected chi connectivity index (χ3v) is 4.31. The van der Waals surface area contributed by atoms with Gasteiger partial charge in [-0.25, -0.2) is 0 Å². The molecule has 0 aromatic heterocycles. The molecule has 1 aliphatic heterocycles. The van der Waals surface area contributed by atoms with Gasteiger partial charge in [0.15, 0.2) is 11.5 Å². The van der Waals surface area contributed by atoms with Crippen molar-refractivity contribution in [2.75, 3.05) is 12.9 Å². The smallest absolute Gasteiger partial charge is 0.323 e. The van der Waals surface area contributed by atoms with E-state index in [0.29, 0.717) is 5.75 Å². The average molecular weight is 339 g/mol. The van der Waals surface area contributed by atoms with Crippen molar-refractivity contribution in [3.05, 3.63) is 23.8 Å². The number of thioether (sulfide) groups is 1. The van der Waals surface area contributed by atoms with E-state index in [0.717, 1.165) is 5.56 Å². The summed E-state index contributed by atoms with van der Waals surface area (Å²) in [5.74, 6) is -0.443. The van der Waals surface area contributed by atoms with E-state index in [1.54, 1.807) is 18.2 Å². The number of methoxy groups -OCH3 is 1. The molecule has 23 heavy (non-hydrogen) atoms. The molecule has 2 rings (SSSR count). The molecule has 1 unspecified atom stereocenters. The summed E-state index contributed by atoms with van der Waals surface area (Å²) in [7, 11) is 1.34. The Balaban J connectivity index is 2.21. The molecular weight excluding hydrogens is 322 g/mol. The number of hydrogen-bond donors (Lipinski definition) is 1. The van der Waals surface area contributed by atoms with E-state index in [2.05, 4.69) is 5.32 Å². The van der Waals surface area contributed by atoms with Crippen LogP contribution in [-0.4, -0.2) is 36.8 Å². The molecule has 1 aliphatic rings. The van der Waals surface area contributed by atoms with Crippen molar-refractivity contribution in [2.45, 2.75) is 25.3 Å². The van der Waals surface area contributed by atoms with Gasteiger partial charge in [0, 0.05) is 19.6 Å². The number of carbonyl (C=O) groups is 3. The molecule has 1 aromatic carbocycles. The number of hydrogen-bond acceptors (Lipinski definition) is 8. The number of esters is 3. The predicted octanol–water partition coefficient (Wildman–Crippen LogP) is 1.41. The Morgan fingerprint density at radius 3 is 2.39 bits per heavy atom. The van der Waals surface area contributed by atoms with Gasteiger partial charge in [0.25, 0.3) is 0 Å². The SMILES string of the molecule is COC(=O)[C@@H]1CSC(c2ccc(OC(C)=O)c(OC(C)=O)c2)N1. The lowest BCUT2D eigenvalue weighted by Gasteiger charge is -2.15. The molecule has 1 aromatic rings. The lowest BCUT2D eigenvalue weighted by molar-refractivity contribution is -0.142. The van der Waals surface area contributed by atoms with E-state index >= 15 is 0 Å². The summed E-state index contributed by atoms with van der Waals surface area (Å²) < 4.78 is 14.8. The normalized spacial score (nSPS) is 20.0. The lowest BCUT2D eigenvalue weighted by atomic mass is 10.2. The van der Waals surface area contributed by atoms with Gasteiger partial charge < -0.3 is 14.2 Å². The molecule has 7 nitrogen and oxygen atoms in total. The van der Waals surface area contributed by atoms with Crippen molar-refractivity contribution >= 4 is 29.7 Å². The van der Waals surface area contributed by atoms with Crippen LogP contribution in [0.1, 0.15) is 24.8 Å². The minimum Gasteiger partial charge on any atom is -0.468 e. The largest absolute Gasteiger partial charge is 0.468 e. The first-order chi connectivity index (χ1) is 10.9. The van der Waals surface area contributed by atoms with Crippen molar-refractivity contribution in [3.63, 3.8) is 0 Å². The molecule has 1 heterocycles. The van der Waals surface area contributed by atoms with Crippen LogP contribution in [0.3, 0.4) is 0 Å². The van der Waals surface area contributed by atoms with E-state index in [1.165, 1.54) is 32.7 Å². The fourth-order valence-corrected chi connectivity index (χ4v) is 3.32. The van der Waals surface area contributed by atoms with Gasteiger partial charge in [0.1, 0.15) is 6.04 Å². The highest BCUT2D eigenvalue weighted by Gasteiger charge is 2.31. The predicted molar refractivity (Wildman–Crippen MR) is 83.2 cm³/mol. The molecule has 124 valence electrons. The van der Waals surface area contributed by atoms with Crippen LogP contribution in [0.15, 0.2) is 18.2 Å². The van der Waals surface area contributed by atoms with Gasteiger partial charge in [0.2, 0.25) is 0 Å². The quantitative estimate of drug-likeness (QED) is 0.650. The van der Waals surface area contributed by atoms with Gasteiger partial charge in [-0.3, -0.25) is 19.7 Å². The van der Waals surface area contributed by atoms with Crippen LogP contribution in [0.2, 0.25) is 0 Å². The Morgan fingerprint density at radius 2 is 1.78 bits per heavy atom. The van der Waals surface area contributed by atoms with E-state index < -0.39 is 11.9 Å². The van der Waals surface area contributed by atoms with Crippen LogP contribution >= 0.6 is 11.8 Å². The highest BCUT2D eigenvalue weighted by Crippen LogP contribution is 2.37. The minimum absolute atomic E-state index is 0.153. The summed E-state index contributed by atoms with van der Waals surface area (Å²) in [5, 5.41) is 2.99. The number of rotatable bonds is 4. The van der Waals surface area contributed by atoms with E-state index in [1.807, 2.05) is 0 Å². The Labute approximate surface area is 137 Å². The van der Waals surface area contributed by atoms with Crippen LogP contribution in [-0.2, 0) is 19.1 Å². The van der Waals surface area contributed by atoms with E-state index in [4.69, 9.17) is 14.2 Å². The van der Waals surface area contributed by atoms with Gasteiger partial charge in [-0.1, -0.05) is 6.07 Å². The molecule has 0 saturated carbocycles. The first-order valence-corrected chi connectivity index (χ1v) is 7.92. The summed E-state index contributed by atoms with van der Waals surface area (Å²) in [4.78, 5) is 33.9. The number of ether oxygens (including phenoxy) is 3. The third-order valence-electron chi connectivity index (χ3n) is 3.05.